The van der Waals surface area contributed by atoms with Gasteiger partial charge >= 0.3 is 0 Å². The van der Waals surface area contributed by atoms with Crippen molar-refractivity contribution >= 4 is 10.9 Å². The lowest BCUT2D eigenvalue weighted by Crippen LogP contribution is -2.41. The van der Waals surface area contributed by atoms with Gasteiger partial charge in [-0.1, -0.05) is 12.1 Å². The van der Waals surface area contributed by atoms with Gasteiger partial charge in [-0.25, -0.2) is 0 Å². The number of aromatic nitrogens is 1. The quantitative estimate of drug-likeness (QED) is 0.758. The monoisotopic (exact) mass is 273 g/mol. The second kappa shape index (κ2) is 6.91. The zero-order valence-electron chi connectivity index (χ0n) is 13.1. The Morgan fingerprint density at radius 3 is 2.55 bits per heavy atom. The van der Waals surface area contributed by atoms with E-state index in [0.717, 1.165) is 19.6 Å². The molecule has 2 aromatic rings. The van der Waals surface area contributed by atoms with Gasteiger partial charge < -0.3 is 10.3 Å². The Hall–Kier alpha value is -1.32. The van der Waals surface area contributed by atoms with Crippen molar-refractivity contribution in [1.29, 1.82) is 0 Å². The van der Waals surface area contributed by atoms with Crippen LogP contribution in [-0.4, -0.2) is 35.1 Å². The van der Waals surface area contributed by atoms with Crippen LogP contribution in [0.4, 0.5) is 0 Å². The number of H-pyrrole nitrogens is 1. The predicted molar refractivity (Wildman–Crippen MR) is 87.0 cm³/mol. The molecule has 0 spiro atoms. The first-order chi connectivity index (χ1) is 9.59. The van der Waals surface area contributed by atoms with Crippen molar-refractivity contribution in [1.82, 2.24) is 15.2 Å². The van der Waals surface area contributed by atoms with E-state index in [2.05, 4.69) is 67.2 Å². The molecule has 0 unspecified atom stereocenters. The van der Waals surface area contributed by atoms with Gasteiger partial charge in [0, 0.05) is 48.8 Å². The van der Waals surface area contributed by atoms with Crippen molar-refractivity contribution in [3.63, 3.8) is 0 Å². The maximum absolute atomic E-state index is 3.57. The highest BCUT2D eigenvalue weighted by molar-refractivity contribution is 5.82. The van der Waals surface area contributed by atoms with Crippen LogP contribution in [0.2, 0.25) is 0 Å². The van der Waals surface area contributed by atoms with Gasteiger partial charge in [0.05, 0.1) is 0 Å². The molecule has 0 aliphatic heterocycles. The molecule has 0 saturated heterocycles. The topological polar surface area (TPSA) is 31.1 Å². The Morgan fingerprint density at radius 2 is 1.85 bits per heavy atom. The standard InChI is InChI=1S/C17H27N3/c1-13(2)20(14(3)4)11-10-18-12-15-6-5-7-17-16(15)8-9-19-17/h5-9,13-14,18-19H,10-12H2,1-4H3. The summed E-state index contributed by atoms with van der Waals surface area (Å²) in [5.41, 5.74) is 2.58. The van der Waals surface area contributed by atoms with Gasteiger partial charge in [-0.15, -0.1) is 0 Å². The first-order valence-electron chi connectivity index (χ1n) is 7.61. The zero-order chi connectivity index (χ0) is 14.5. The third-order valence-electron chi connectivity index (χ3n) is 3.87. The fourth-order valence-electron chi connectivity index (χ4n) is 2.85. The molecule has 3 nitrogen and oxygen atoms in total. The van der Waals surface area contributed by atoms with Crippen molar-refractivity contribution in [2.45, 2.75) is 46.3 Å². The van der Waals surface area contributed by atoms with E-state index in [-0.39, 0.29) is 0 Å². The minimum atomic E-state index is 0.602. The number of hydrogen-bond acceptors (Lipinski definition) is 2. The lowest BCUT2D eigenvalue weighted by molar-refractivity contribution is 0.176. The summed E-state index contributed by atoms with van der Waals surface area (Å²) in [6.45, 7) is 12.1. The van der Waals surface area contributed by atoms with Crippen LogP contribution in [0.1, 0.15) is 33.3 Å². The van der Waals surface area contributed by atoms with E-state index in [0.29, 0.717) is 12.1 Å². The summed E-state index contributed by atoms with van der Waals surface area (Å²) >= 11 is 0. The van der Waals surface area contributed by atoms with E-state index >= 15 is 0 Å². The van der Waals surface area contributed by atoms with Gasteiger partial charge in [0.2, 0.25) is 0 Å². The average Bonchev–Trinajstić information content (AvgIpc) is 2.86. The van der Waals surface area contributed by atoms with Gasteiger partial charge in [0.1, 0.15) is 0 Å². The van der Waals surface area contributed by atoms with E-state index < -0.39 is 0 Å². The minimum absolute atomic E-state index is 0.602. The van der Waals surface area contributed by atoms with E-state index in [1.54, 1.807) is 0 Å². The van der Waals surface area contributed by atoms with E-state index in [1.807, 2.05) is 6.20 Å². The summed E-state index contributed by atoms with van der Waals surface area (Å²) in [7, 11) is 0. The fraction of sp³-hybridized carbons (Fsp3) is 0.529. The number of benzene rings is 1. The van der Waals surface area contributed by atoms with Crippen molar-refractivity contribution < 1.29 is 0 Å². The summed E-state index contributed by atoms with van der Waals surface area (Å²) in [5, 5.41) is 4.89. The van der Waals surface area contributed by atoms with Crippen LogP contribution in [0.3, 0.4) is 0 Å². The highest BCUT2D eigenvalue weighted by Crippen LogP contribution is 2.16. The number of fused-ring (bicyclic) bond motifs is 1. The largest absolute Gasteiger partial charge is 0.361 e. The molecule has 0 aliphatic rings. The molecule has 110 valence electrons. The van der Waals surface area contributed by atoms with E-state index in [9.17, 15) is 0 Å². The number of aromatic amines is 1. The van der Waals surface area contributed by atoms with Crippen molar-refractivity contribution in [3.8, 4) is 0 Å². The van der Waals surface area contributed by atoms with Crippen LogP contribution >= 0.6 is 0 Å². The zero-order valence-corrected chi connectivity index (χ0v) is 13.1. The number of rotatable bonds is 7. The minimum Gasteiger partial charge on any atom is -0.361 e. The van der Waals surface area contributed by atoms with Crippen molar-refractivity contribution in [2.75, 3.05) is 13.1 Å². The predicted octanol–water partition coefficient (Wildman–Crippen LogP) is 3.38. The van der Waals surface area contributed by atoms with Crippen molar-refractivity contribution in [3.05, 3.63) is 36.0 Å². The van der Waals surface area contributed by atoms with Crippen molar-refractivity contribution in [2.24, 2.45) is 0 Å². The van der Waals surface area contributed by atoms with Gasteiger partial charge in [0.25, 0.3) is 0 Å². The molecule has 0 aliphatic carbocycles. The molecule has 0 saturated carbocycles. The normalized spacial score (nSPS) is 12.2. The molecule has 1 heterocycles. The summed E-state index contributed by atoms with van der Waals surface area (Å²) in [6.07, 6.45) is 2.01. The average molecular weight is 273 g/mol. The maximum Gasteiger partial charge on any atom is 0.0457 e. The van der Waals surface area contributed by atoms with Gasteiger partial charge in [-0.3, -0.25) is 4.90 Å². The molecule has 0 bridgehead atoms. The molecule has 1 aromatic heterocycles. The fourth-order valence-corrected chi connectivity index (χ4v) is 2.85. The Balaban J connectivity index is 1.85. The maximum atomic E-state index is 3.57. The van der Waals surface area contributed by atoms with Crippen LogP contribution < -0.4 is 5.32 Å². The lowest BCUT2D eigenvalue weighted by Gasteiger charge is -2.30. The van der Waals surface area contributed by atoms with E-state index in [4.69, 9.17) is 0 Å². The highest BCUT2D eigenvalue weighted by Gasteiger charge is 2.12. The molecular formula is C17H27N3. The van der Waals surface area contributed by atoms with Crippen LogP contribution in [0.25, 0.3) is 10.9 Å². The Bertz CT molecular complexity index is 520. The third kappa shape index (κ3) is 3.62. The van der Waals surface area contributed by atoms with E-state index in [1.165, 1.54) is 16.5 Å². The van der Waals surface area contributed by atoms with Gasteiger partial charge in [-0.2, -0.15) is 0 Å². The van der Waals surface area contributed by atoms with Crippen LogP contribution in [-0.2, 0) is 6.54 Å². The molecule has 0 fully saturated rings. The van der Waals surface area contributed by atoms with Gasteiger partial charge in [-0.05, 0) is 45.4 Å². The second-order valence-corrected chi connectivity index (χ2v) is 5.96. The summed E-state index contributed by atoms with van der Waals surface area (Å²) in [6, 6.07) is 9.80. The summed E-state index contributed by atoms with van der Waals surface area (Å²) < 4.78 is 0. The molecule has 1 aromatic carbocycles. The molecule has 0 radical (unpaired) electrons. The van der Waals surface area contributed by atoms with Crippen LogP contribution in [0, 0.1) is 0 Å². The molecular weight excluding hydrogens is 246 g/mol. The highest BCUT2D eigenvalue weighted by atomic mass is 15.2. The first kappa shape index (κ1) is 15.1. The van der Waals surface area contributed by atoms with Crippen LogP contribution in [0.5, 0.6) is 0 Å². The third-order valence-corrected chi connectivity index (χ3v) is 3.87. The second-order valence-electron chi connectivity index (χ2n) is 5.96. The Morgan fingerprint density at radius 1 is 1.10 bits per heavy atom. The smallest absolute Gasteiger partial charge is 0.0457 e. The summed E-state index contributed by atoms with van der Waals surface area (Å²) in [5.74, 6) is 0. The number of nitrogens with zero attached hydrogens (tertiary/aromatic N) is 1. The molecule has 20 heavy (non-hydrogen) atoms. The van der Waals surface area contributed by atoms with Gasteiger partial charge in [0.15, 0.2) is 0 Å². The molecule has 0 atom stereocenters. The molecule has 3 heteroatoms. The lowest BCUT2D eigenvalue weighted by atomic mass is 10.1. The first-order valence-corrected chi connectivity index (χ1v) is 7.61. The Labute approximate surface area is 122 Å². The summed E-state index contributed by atoms with van der Waals surface area (Å²) in [4.78, 5) is 5.78. The number of nitrogens with one attached hydrogen (secondary N) is 2. The molecule has 0 amide bonds. The SMILES string of the molecule is CC(C)N(CCNCc1cccc2[nH]ccc12)C(C)C. The molecule has 2 N–H and O–H groups in total. The number of hydrogen-bond donors (Lipinski definition) is 2. The molecule has 2 rings (SSSR count). The van der Waals surface area contributed by atoms with Crippen LogP contribution in [0.15, 0.2) is 30.5 Å². The Kier molecular flexibility index (Phi) is 5.21.